The van der Waals surface area contributed by atoms with Crippen molar-refractivity contribution in [2.45, 2.75) is 73.0 Å². The molecule has 0 fully saturated rings. The molecule has 3 rings (SSSR count). The van der Waals surface area contributed by atoms with E-state index < -0.39 is 0 Å². The highest BCUT2D eigenvalue weighted by atomic mass is 16.3. The highest BCUT2D eigenvalue weighted by Crippen LogP contribution is 2.31. The summed E-state index contributed by atoms with van der Waals surface area (Å²) in [6.45, 7) is 15.7. The molecule has 0 spiro atoms. The summed E-state index contributed by atoms with van der Waals surface area (Å²) >= 11 is 0. The lowest BCUT2D eigenvalue weighted by atomic mass is 9.98. The van der Waals surface area contributed by atoms with Gasteiger partial charge in [-0.3, -0.25) is 9.69 Å². The lowest BCUT2D eigenvalue weighted by Crippen LogP contribution is -2.38. The molecule has 0 aliphatic carbocycles. The fourth-order valence-corrected chi connectivity index (χ4v) is 4.40. The molecule has 1 aromatic carbocycles. The van der Waals surface area contributed by atoms with Crippen LogP contribution in [0.1, 0.15) is 69.6 Å². The first kappa shape index (κ1) is 24.1. The van der Waals surface area contributed by atoms with Gasteiger partial charge in [0.15, 0.2) is 5.82 Å². The summed E-state index contributed by atoms with van der Waals surface area (Å²) in [5.41, 5.74) is 3.43. The van der Waals surface area contributed by atoms with Crippen LogP contribution in [0.3, 0.4) is 0 Å². The number of fused-ring (bicyclic) bond motifs is 1. The number of rotatable bonds is 8. The Bertz CT molecular complexity index is 1130. The van der Waals surface area contributed by atoms with E-state index in [1.165, 1.54) is 0 Å². The van der Waals surface area contributed by atoms with E-state index in [2.05, 4.69) is 79.1 Å². The van der Waals surface area contributed by atoms with E-state index in [9.17, 15) is 9.90 Å². The van der Waals surface area contributed by atoms with Gasteiger partial charge in [0, 0.05) is 25.3 Å². The Balaban J connectivity index is 2.07. The molecule has 0 aliphatic heterocycles. The largest absolute Gasteiger partial charge is 0.396 e. The number of pyridine rings is 1. The first-order chi connectivity index (χ1) is 15.0. The number of hydrogen-bond acceptors (Lipinski definition) is 6. The first-order valence-corrected chi connectivity index (χ1v) is 11.3. The smallest absolute Gasteiger partial charge is 0.252 e. The van der Waals surface area contributed by atoms with Crippen LogP contribution in [0.15, 0.2) is 23.0 Å². The van der Waals surface area contributed by atoms with Crippen molar-refractivity contribution >= 4 is 10.9 Å². The summed E-state index contributed by atoms with van der Waals surface area (Å²) in [5.74, 6) is 0.971. The number of H-pyrrole nitrogens is 1. The molecule has 8 heteroatoms. The first-order valence-electron chi connectivity index (χ1n) is 11.3. The van der Waals surface area contributed by atoms with Gasteiger partial charge in [0.2, 0.25) is 0 Å². The number of aromatic nitrogens is 5. The summed E-state index contributed by atoms with van der Waals surface area (Å²) < 4.78 is 1.86. The predicted molar refractivity (Wildman–Crippen MR) is 127 cm³/mol. The molecule has 0 saturated carbocycles. The third-order valence-corrected chi connectivity index (χ3v) is 5.77. The summed E-state index contributed by atoms with van der Waals surface area (Å²) in [6.07, 6.45) is 0.601. The molecule has 2 heterocycles. The molecular formula is C24H36N6O2. The molecule has 0 aliphatic rings. The maximum atomic E-state index is 13.0. The average Bonchev–Trinajstić information content (AvgIpc) is 3.16. The Morgan fingerprint density at radius 3 is 2.53 bits per heavy atom. The minimum Gasteiger partial charge on any atom is -0.396 e. The van der Waals surface area contributed by atoms with Gasteiger partial charge in [-0.1, -0.05) is 25.5 Å². The van der Waals surface area contributed by atoms with Crippen LogP contribution in [0.4, 0.5) is 0 Å². The fraction of sp³-hybridized carbons (Fsp3) is 0.583. The number of aryl methyl sites for hydroxylation is 2. The van der Waals surface area contributed by atoms with E-state index >= 15 is 0 Å². The third kappa shape index (κ3) is 5.07. The quantitative estimate of drug-likeness (QED) is 0.556. The van der Waals surface area contributed by atoms with Crippen LogP contribution in [0, 0.1) is 19.8 Å². The molecule has 1 atom stereocenters. The average molecular weight is 441 g/mol. The fourth-order valence-electron chi connectivity index (χ4n) is 4.40. The molecule has 0 unspecified atom stereocenters. The number of tetrazole rings is 1. The zero-order valence-corrected chi connectivity index (χ0v) is 20.3. The van der Waals surface area contributed by atoms with Crippen molar-refractivity contribution < 1.29 is 5.11 Å². The Labute approximate surface area is 189 Å². The Hall–Kier alpha value is -2.58. The predicted octanol–water partition coefficient (Wildman–Crippen LogP) is 3.47. The van der Waals surface area contributed by atoms with Gasteiger partial charge >= 0.3 is 0 Å². The second-order valence-corrected chi connectivity index (χ2v) is 10.0. The molecule has 0 saturated heterocycles. The van der Waals surface area contributed by atoms with E-state index in [1.807, 2.05) is 17.7 Å². The topological polar surface area (TPSA) is 99.9 Å². The maximum absolute atomic E-state index is 13.0. The Morgan fingerprint density at radius 2 is 1.91 bits per heavy atom. The van der Waals surface area contributed by atoms with E-state index in [1.54, 1.807) is 0 Å². The lowest BCUT2D eigenvalue weighted by molar-refractivity contribution is 0.116. The van der Waals surface area contributed by atoms with Crippen LogP contribution >= 0.6 is 0 Å². The van der Waals surface area contributed by atoms with Crippen LogP contribution < -0.4 is 5.56 Å². The van der Waals surface area contributed by atoms with Crippen LogP contribution in [0.5, 0.6) is 0 Å². The molecule has 2 N–H and O–H groups in total. The molecule has 0 bridgehead atoms. The number of nitrogens with zero attached hydrogens (tertiary/aromatic N) is 5. The Morgan fingerprint density at radius 1 is 1.19 bits per heavy atom. The number of nitrogens with one attached hydrogen (secondary N) is 1. The van der Waals surface area contributed by atoms with Crippen LogP contribution in [-0.4, -0.2) is 48.3 Å². The van der Waals surface area contributed by atoms with Gasteiger partial charge in [-0.25, -0.2) is 4.68 Å². The van der Waals surface area contributed by atoms with Crippen molar-refractivity contribution in [3.05, 3.63) is 51.1 Å². The van der Waals surface area contributed by atoms with Crippen LogP contribution in [0.25, 0.3) is 10.9 Å². The van der Waals surface area contributed by atoms with Gasteiger partial charge in [-0.15, -0.1) is 5.10 Å². The number of hydrogen-bond donors (Lipinski definition) is 2. The molecule has 0 amide bonds. The highest BCUT2D eigenvalue weighted by Gasteiger charge is 2.32. The minimum absolute atomic E-state index is 0.0813. The maximum Gasteiger partial charge on any atom is 0.252 e. The third-order valence-electron chi connectivity index (χ3n) is 5.77. The van der Waals surface area contributed by atoms with Gasteiger partial charge in [-0.05, 0) is 80.5 Å². The monoisotopic (exact) mass is 440 g/mol. The minimum atomic E-state index is -0.274. The van der Waals surface area contributed by atoms with Gasteiger partial charge in [0.1, 0.15) is 0 Å². The SMILES string of the molecule is Cc1cc(C)c2[nH]c(=O)c(CN(CCCO)[C@@H](c3nnnn3C(C)(C)C)C(C)C)cc2c1. The van der Waals surface area contributed by atoms with Gasteiger partial charge < -0.3 is 10.1 Å². The molecule has 2 aromatic heterocycles. The van der Waals surface area contributed by atoms with Crippen molar-refractivity contribution in [2.24, 2.45) is 5.92 Å². The summed E-state index contributed by atoms with van der Waals surface area (Å²) in [7, 11) is 0. The number of aromatic amines is 1. The van der Waals surface area contributed by atoms with Crippen LogP contribution in [-0.2, 0) is 12.1 Å². The Kier molecular flexibility index (Phi) is 7.15. The lowest BCUT2D eigenvalue weighted by Gasteiger charge is -2.35. The van der Waals surface area contributed by atoms with E-state index in [-0.39, 0.29) is 29.7 Å². The normalized spacial score (nSPS) is 13.4. The van der Waals surface area contributed by atoms with Crippen molar-refractivity contribution in [2.75, 3.05) is 13.2 Å². The van der Waals surface area contributed by atoms with Crippen molar-refractivity contribution in [3.8, 4) is 0 Å². The second-order valence-electron chi connectivity index (χ2n) is 10.0. The van der Waals surface area contributed by atoms with E-state index in [0.717, 1.165) is 27.9 Å². The van der Waals surface area contributed by atoms with Crippen molar-refractivity contribution in [1.29, 1.82) is 0 Å². The summed E-state index contributed by atoms with van der Waals surface area (Å²) in [4.78, 5) is 18.3. The van der Waals surface area contributed by atoms with Crippen LogP contribution in [0.2, 0.25) is 0 Å². The molecule has 174 valence electrons. The molecule has 8 nitrogen and oxygen atoms in total. The standard InChI is InChI=1S/C24H36N6O2/c1-15(2)21(22-26-27-28-30(22)24(5,6)7)29(9-8-10-31)14-19-13-18-12-16(3)11-17(4)20(18)25-23(19)32/h11-13,15,21,31H,8-10,14H2,1-7H3,(H,25,32)/t21-/m1/s1. The van der Waals surface area contributed by atoms with Crippen molar-refractivity contribution in [3.63, 3.8) is 0 Å². The summed E-state index contributed by atoms with van der Waals surface area (Å²) in [6, 6.07) is 6.06. The van der Waals surface area contributed by atoms with E-state index in [0.29, 0.717) is 25.1 Å². The highest BCUT2D eigenvalue weighted by molar-refractivity contribution is 5.82. The van der Waals surface area contributed by atoms with Gasteiger partial charge in [0.05, 0.1) is 17.1 Å². The molecule has 3 aromatic rings. The summed E-state index contributed by atoms with van der Waals surface area (Å²) in [5, 5.41) is 23.2. The molecule has 0 radical (unpaired) electrons. The zero-order valence-electron chi connectivity index (χ0n) is 20.3. The number of benzene rings is 1. The second kappa shape index (κ2) is 9.50. The zero-order chi connectivity index (χ0) is 23.6. The molecular weight excluding hydrogens is 404 g/mol. The number of aliphatic hydroxyl groups excluding tert-OH is 1. The van der Waals surface area contributed by atoms with Crippen molar-refractivity contribution in [1.82, 2.24) is 30.1 Å². The van der Waals surface area contributed by atoms with Gasteiger partial charge in [-0.2, -0.15) is 0 Å². The molecule has 32 heavy (non-hydrogen) atoms. The number of aliphatic hydroxyl groups is 1. The van der Waals surface area contributed by atoms with E-state index in [4.69, 9.17) is 0 Å². The van der Waals surface area contributed by atoms with Gasteiger partial charge in [0.25, 0.3) is 5.56 Å².